The van der Waals surface area contributed by atoms with Crippen molar-refractivity contribution in [1.29, 1.82) is 0 Å². The van der Waals surface area contributed by atoms with Gasteiger partial charge in [0.25, 0.3) is 0 Å². The Labute approximate surface area is 89.3 Å². The summed E-state index contributed by atoms with van der Waals surface area (Å²) in [5.41, 5.74) is 0. The summed E-state index contributed by atoms with van der Waals surface area (Å²) in [6.07, 6.45) is -0.315. The summed E-state index contributed by atoms with van der Waals surface area (Å²) < 4.78 is 1.02. The summed E-state index contributed by atoms with van der Waals surface area (Å²) in [6, 6.07) is 1.97. The third kappa shape index (κ3) is 2.76. The lowest BCUT2D eigenvalue weighted by Gasteiger charge is -2.07. The number of thiophene rings is 1. The minimum absolute atomic E-state index is 0.315. The first-order valence-electron chi connectivity index (χ1n) is 3.74. The molecule has 12 heavy (non-hydrogen) atoms. The van der Waals surface area contributed by atoms with E-state index in [4.69, 9.17) is 0 Å². The Hall–Kier alpha value is 0.490. The summed E-state index contributed by atoms with van der Waals surface area (Å²) in [5, 5.41) is 11.7. The van der Waals surface area contributed by atoms with Crippen LogP contribution in [0.3, 0.4) is 0 Å². The lowest BCUT2D eigenvalue weighted by atomic mass is 10.3. The van der Waals surface area contributed by atoms with Crippen molar-refractivity contribution >= 4 is 39.0 Å². The van der Waals surface area contributed by atoms with Gasteiger partial charge in [-0.3, -0.25) is 0 Å². The van der Waals surface area contributed by atoms with Crippen molar-refractivity contribution in [3.8, 4) is 0 Å². The second kappa shape index (κ2) is 5.27. The Kier molecular flexibility index (Phi) is 4.64. The van der Waals surface area contributed by atoms with Gasteiger partial charge in [-0.05, 0) is 33.1 Å². The van der Waals surface area contributed by atoms with E-state index in [0.29, 0.717) is 0 Å². The summed E-state index contributed by atoms with van der Waals surface area (Å²) in [4.78, 5) is 1.04. The van der Waals surface area contributed by atoms with Crippen LogP contribution in [0.5, 0.6) is 0 Å². The van der Waals surface area contributed by atoms with Crippen molar-refractivity contribution in [1.82, 2.24) is 0 Å². The number of hydrogen-bond acceptors (Lipinski definition) is 3. The highest BCUT2D eigenvalue weighted by atomic mass is 79.9. The maximum absolute atomic E-state index is 9.68. The van der Waals surface area contributed by atoms with Crippen molar-refractivity contribution in [3.63, 3.8) is 0 Å². The van der Waals surface area contributed by atoms with Crippen LogP contribution in [-0.4, -0.2) is 16.6 Å². The number of thioether (sulfide) groups is 1. The third-order valence-electron chi connectivity index (χ3n) is 1.43. The summed E-state index contributed by atoms with van der Waals surface area (Å²) in [5.74, 6) is 1.84. The highest BCUT2D eigenvalue weighted by Gasteiger charge is 2.11. The molecule has 1 N–H and O–H groups in total. The largest absolute Gasteiger partial charge is 0.387 e. The van der Waals surface area contributed by atoms with Crippen molar-refractivity contribution in [2.45, 2.75) is 13.0 Å². The molecule has 0 spiro atoms. The van der Waals surface area contributed by atoms with E-state index in [1.165, 1.54) is 0 Å². The molecule has 1 heterocycles. The molecule has 0 aromatic carbocycles. The smallest absolute Gasteiger partial charge is 0.0983 e. The van der Waals surface area contributed by atoms with E-state index in [1.54, 1.807) is 23.1 Å². The van der Waals surface area contributed by atoms with E-state index >= 15 is 0 Å². The van der Waals surface area contributed by atoms with Gasteiger partial charge in [0.15, 0.2) is 0 Å². The van der Waals surface area contributed by atoms with Crippen LogP contribution in [0.1, 0.15) is 17.9 Å². The van der Waals surface area contributed by atoms with Gasteiger partial charge in [0.1, 0.15) is 0 Å². The molecule has 0 saturated carbocycles. The maximum Gasteiger partial charge on any atom is 0.0983 e. The van der Waals surface area contributed by atoms with Gasteiger partial charge in [0.2, 0.25) is 0 Å². The molecule has 0 bridgehead atoms. The fourth-order valence-corrected chi connectivity index (χ4v) is 3.20. The first kappa shape index (κ1) is 10.6. The molecule has 4 heteroatoms. The minimum Gasteiger partial charge on any atom is -0.387 e. The van der Waals surface area contributed by atoms with Crippen LogP contribution >= 0.6 is 39.0 Å². The van der Waals surface area contributed by atoms with Crippen LogP contribution < -0.4 is 0 Å². The standard InChI is InChI=1S/C8H11BrOS2/c1-2-11-5-7(10)8-6(9)3-4-12-8/h3-4,7,10H,2,5H2,1H3. The minimum atomic E-state index is -0.315. The predicted octanol–water partition coefficient (Wildman–Crippen LogP) is 3.30. The van der Waals surface area contributed by atoms with E-state index < -0.39 is 0 Å². The van der Waals surface area contributed by atoms with Gasteiger partial charge >= 0.3 is 0 Å². The zero-order chi connectivity index (χ0) is 8.97. The molecule has 0 aliphatic heterocycles. The monoisotopic (exact) mass is 266 g/mol. The van der Waals surface area contributed by atoms with Crippen molar-refractivity contribution < 1.29 is 5.11 Å². The number of aliphatic hydroxyl groups is 1. The Balaban J connectivity index is 2.52. The fourth-order valence-electron chi connectivity index (χ4n) is 0.848. The van der Waals surface area contributed by atoms with Gasteiger partial charge < -0.3 is 5.11 Å². The summed E-state index contributed by atoms with van der Waals surface area (Å²) >= 11 is 6.76. The van der Waals surface area contributed by atoms with Crippen molar-refractivity contribution in [2.75, 3.05) is 11.5 Å². The van der Waals surface area contributed by atoms with Gasteiger partial charge in [0, 0.05) is 15.1 Å². The predicted molar refractivity (Wildman–Crippen MR) is 60.0 cm³/mol. The Morgan fingerprint density at radius 1 is 1.75 bits per heavy atom. The molecule has 1 nitrogen and oxygen atoms in total. The van der Waals surface area contributed by atoms with Gasteiger partial charge in [-0.2, -0.15) is 11.8 Å². The average Bonchev–Trinajstić information content (AvgIpc) is 2.47. The normalized spacial score (nSPS) is 13.2. The molecular formula is C8H11BrOS2. The van der Waals surface area contributed by atoms with Gasteiger partial charge in [-0.15, -0.1) is 11.3 Å². The second-order valence-electron chi connectivity index (χ2n) is 2.31. The SMILES string of the molecule is CCSCC(O)c1sccc1Br. The third-order valence-corrected chi connectivity index (χ3v) is 4.36. The molecule has 1 atom stereocenters. The molecule has 0 saturated heterocycles. The molecule has 1 aromatic rings. The number of aliphatic hydroxyl groups excluding tert-OH is 1. The van der Waals surface area contributed by atoms with Crippen molar-refractivity contribution in [2.24, 2.45) is 0 Å². The highest BCUT2D eigenvalue weighted by molar-refractivity contribution is 9.10. The number of halogens is 1. The van der Waals surface area contributed by atoms with Gasteiger partial charge in [-0.25, -0.2) is 0 Å². The molecule has 1 unspecified atom stereocenters. The van der Waals surface area contributed by atoms with E-state index in [2.05, 4.69) is 22.9 Å². The van der Waals surface area contributed by atoms with Crippen LogP contribution in [0.15, 0.2) is 15.9 Å². The van der Waals surface area contributed by atoms with Gasteiger partial charge in [-0.1, -0.05) is 6.92 Å². The van der Waals surface area contributed by atoms with Crippen LogP contribution in [0.25, 0.3) is 0 Å². The van der Waals surface area contributed by atoms with E-state index in [1.807, 2.05) is 11.4 Å². The van der Waals surface area contributed by atoms with E-state index in [0.717, 1.165) is 20.9 Å². The molecule has 0 fully saturated rings. The molecule has 0 aliphatic carbocycles. The van der Waals surface area contributed by atoms with Crippen LogP contribution in [0.2, 0.25) is 0 Å². The zero-order valence-electron chi connectivity index (χ0n) is 6.79. The van der Waals surface area contributed by atoms with E-state index in [-0.39, 0.29) is 6.10 Å². The molecule has 0 aliphatic rings. The van der Waals surface area contributed by atoms with Crippen LogP contribution in [0, 0.1) is 0 Å². The lowest BCUT2D eigenvalue weighted by Crippen LogP contribution is -1.98. The Bertz CT molecular complexity index is 237. The lowest BCUT2D eigenvalue weighted by molar-refractivity contribution is 0.207. The zero-order valence-corrected chi connectivity index (χ0v) is 10.0. The molecule has 1 aromatic heterocycles. The number of rotatable bonds is 4. The first-order chi connectivity index (χ1) is 5.75. The molecule has 0 radical (unpaired) electrons. The molecule has 68 valence electrons. The molecule has 1 rings (SSSR count). The number of hydrogen-bond donors (Lipinski definition) is 1. The Morgan fingerprint density at radius 2 is 2.50 bits per heavy atom. The topological polar surface area (TPSA) is 20.2 Å². The van der Waals surface area contributed by atoms with Crippen LogP contribution in [-0.2, 0) is 0 Å². The van der Waals surface area contributed by atoms with Crippen molar-refractivity contribution in [3.05, 3.63) is 20.8 Å². The highest BCUT2D eigenvalue weighted by Crippen LogP contribution is 2.30. The molecule has 0 amide bonds. The first-order valence-corrected chi connectivity index (χ1v) is 6.57. The second-order valence-corrected chi connectivity index (χ2v) is 5.43. The fraction of sp³-hybridized carbons (Fsp3) is 0.500. The maximum atomic E-state index is 9.68. The summed E-state index contributed by atoms with van der Waals surface area (Å²) in [7, 11) is 0. The molecular weight excluding hydrogens is 256 g/mol. The Morgan fingerprint density at radius 3 is 3.00 bits per heavy atom. The van der Waals surface area contributed by atoms with Crippen LogP contribution in [0.4, 0.5) is 0 Å². The average molecular weight is 267 g/mol. The van der Waals surface area contributed by atoms with Gasteiger partial charge in [0.05, 0.1) is 6.10 Å². The van der Waals surface area contributed by atoms with E-state index in [9.17, 15) is 5.11 Å². The quantitative estimate of drug-likeness (QED) is 0.903. The summed E-state index contributed by atoms with van der Waals surface area (Å²) in [6.45, 7) is 2.10.